The van der Waals surface area contributed by atoms with E-state index in [1.54, 1.807) is 12.4 Å². The van der Waals surface area contributed by atoms with Crippen molar-refractivity contribution in [2.45, 2.75) is 45.3 Å². The highest BCUT2D eigenvalue weighted by atomic mass is 35.5. The number of fused-ring (bicyclic) bond motifs is 1. The van der Waals surface area contributed by atoms with Gasteiger partial charge in [-0.2, -0.15) is 0 Å². The van der Waals surface area contributed by atoms with Gasteiger partial charge in [0.2, 0.25) is 0 Å². The van der Waals surface area contributed by atoms with Crippen LogP contribution in [0.15, 0.2) is 36.7 Å². The van der Waals surface area contributed by atoms with E-state index in [0.29, 0.717) is 48.4 Å². The van der Waals surface area contributed by atoms with Gasteiger partial charge in [0.15, 0.2) is 0 Å². The smallest absolute Gasteiger partial charge is 0.255 e. The topological polar surface area (TPSA) is 97.5 Å². The Labute approximate surface area is 215 Å². The Kier molecular flexibility index (Phi) is 6.68. The summed E-state index contributed by atoms with van der Waals surface area (Å²) >= 11 is 6.39. The second kappa shape index (κ2) is 9.76. The first-order valence-corrected chi connectivity index (χ1v) is 12.5. The number of nitrogens with one attached hydrogen (secondary N) is 3. The highest BCUT2D eigenvalue weighted by Crippen LogP contribution is 2.43. The van der Waals surface area contributed by atoms with Crippen LogP contribution in [-0.4, -0.2) is 53.9 Å². The van der Waals surface area contributed by atoms with Gasteiger partial charge in [-0.25, -0.2) is 0 Å². The molecule has 190 valence electrons. The molecule has 2 aliphatic heterocycles. The number of benzene rings is 1. The lowest BCUT2D eigenvalue weighted by atomic mass is 9.98. The molecule has 8 nitrogen and oxygen atoms in total. The quantitative estimate of drug-likeness (QED) is 0.421. The van der Waals surface area contributed by atoms with Gasteiger partial charge >= 0.3 is 0 Å². The van der Waals surface area contributed by atoms with Crippen LogP contribution in [0.4, 0.5) is 11.4 Å². The zero-order valence-electron chi connectivity index (χ0n) is 20.9. The maximum Gasteiger partial charge on any atom is 0.255 e. The highest BCUT2D eigenvalue weighted by Gasteiger charge is 2.32. The molecule has 1 saturated heterocycles. The first kappa shape index (κ1) is 24.6. The van der Waals surface area contributed by atoms with Gasteiger partial charge in [0.25, 0.3) is 5.91 Å². The maximum absolute atomic E-state index is 13.0. The molecule has 5 rings (SSSR count). The molecule has 9 heteroatoms. The van der Waals surface area contributed by atoms with Crippen LogP contribution in [0.25, 0.3) is 11.3 Å². The maximum atomic E-state index is 13.0. The molecule has 4 heterocycles. The summed E-state index contributed by atoms with van der Waals surface area (Å²) in [6.45, 7) is 9.88. The molecule has 0 spiro atoms. The molecule has 2 atom stereocenters. The molecule has 1 amide bonds. The van der Waals surface area contributed by atoms with Crippen LogP contribution in [0.1, 0.15) is 48.3 Å². The van der Waals surface area contributed by atoms with E-state index in [0.717, 1.165) is 28.2 Å². The molecule has 2 aliphatic rings. The normalized spacial score (nSPS) is 21.0. The van der Waals surface area contributed by atoms with Crippen molar-refractivity contribution in [3.8, 4) is 17.0 Å². The fraction of sp³-hybridized carbons (Fsp3) is 0.407. The van der Waals surface area contributed by atoms with Crippen molar-refractivity contribution in [3.05, 3.63) is 58.5 Å². The Hall–Kier alpha value is -3.07. The second-order valence-corrected chi connectivity index (χ2v) is 10.4. The third kappa shape index (κ3) is 4.81. The number of ether oxygens (including phenoxy) is 3. The summed E-state index contributed by atoms with van der Waals surface area (Å²) in [5.74, 6) is 0.581. The predicted octanol–water partition coefficient (Wildman–Crippen LogP) is 5.20. The van der Waals surface area contributed by atoms with Crippen molar-refractivity contribution in [3.63, 3.8) is 0 Å². The van der Waals surface area contributed by atoms with E-state index in [1.165, 1.54) is 0 Å². The molecule has 0 bridgehead atoms. The lowest BCUT2D eigenvalue weighted by Gasteiger charge is -2.34. The Balaban J connectivity index is 1.52. The summed E-state index contributed by atoms with van der Waals surface area (Å²) < 4.78 is 18.0. The summed E-state index contributed by atoms with van der Waals surface area (Å²) in [6.07, 6.45) is 3.21. The number of amides is 1. The molecule has 2 unspecified atom stereocenters. The van der Waals surface area contributed by atoms with Gasteiger partial charge in [0.1, 0.15) is 18.5 Å². The van der Waals surface area contributed by atoms with Gasteiger partial charge in [-0.05, 0) is 44.5 Å². The first-order chi connectivity index (χ1) is 17.2. The zero-order chi connectivity index (χ0) is 25.4. The molecule has 2 aromatic heterocycles. The van der Waals surface area contributed by atoms with E-state index in [-0.39, 0.29) is 23.5 Å². The van der Waals surface area contributed by atoms with Crippen LogP contribution in [-0.2, 0) is 9.47 Å². The molecule has 1 fully saturated rings. The Morgan fingerprint density at radius 2 is 2.14 bits per heavy atom. The van der Waals surface area contributed by atoms with Crippen molar-refractivity contribution < 1.29 is 19.0 Å². The molecule has 0 aliphatic carbocycles. The van der Waals surface area contributed by atoms with Crippen LogP contribution >= 0.6 is 11.6 Å². The number of aromatic nitrogens is 2. The third-order valence-corrected chi connectivity index (χ3v) is 7.06. The van der Waals surface area contributed by atoms with E-state index in [9.17, 15) is 4.79 Å². The van der Waals surface area contributed by atoms with Crippen LogP contribution < -0.4 is 15.4 Å². The van der Waals surface area contributed by atoms with Gasteiger partial charge in [0, 0.05) is 40.6 Å². The van der Waals surface area contributed by atoms with Crippen molar-refractivity contribution >= 4 is 28.9 Å². The number of aromatic amines is 1. The number of rotatable bonds is 6. The van der Waals surface area contributed by atoms with Crippen LogP contribution in [0.5, 0.6) is 5.75 Å². The summed E-state index contributed by atoms with van der Waals surface area (Å²) in [5, 5.41) is 7.13. The minimum Gasteiger partial charge on any atom is -0.488 e. The van der Waals surface area contributed by atoms with Gasteiger partial charge in [-0.1, -0.05) is 24.6 Å². The largest absolute Gasteiger partial charge is 0.488 e. The molecule has 3 aromatic rings. The summed E-state index contributed by atoms with van der Waals surface area (Å²) in [6, 6.07) is 7.55. The van der Waals surface area contributed by atoms with Crippen molar-refractivity contribution in [1.29, 1.82) is 0 Å². The zero-order valence-corrected chi connectivity index (χ0v) is 21.7. The summed E-state index contributed by atoms with van der Waals surface area (Å²) in [5.41, 5.74) is 5.12. The van der Waals surface area contributed by atoms with Crippen molar-refractivity contribution in [2.75, 3.05) is 31.7 Å². The molecule has 0 radical (unpaired) electrons. The molecule has 3 N–H and O–H groups in total. The van der Waals surface area contributed by atoms with Crippen LogP contribution in [0.2, 0.25) is 5.02 Å². The monoisotopic (exact) mass is 510 g/mol. The second-order valence-electron chi connectivity index (χ2n) is 10.00. The Bertz CT molecular complexity index is 1280. The number of nitrogens with zero attached hydrogens (tertiary/aromatic N) is 1. The van der Waals surface area contributed by atoms with E-state index < -0.39 is 0 Å². The average Bonchev–Trinajstić information content (AvgIpc) is 3.24. The standard InChI is InChI=1S/C27H31ClN4O4/c1-15-10-30-26(33)22-23(15)32-24(25(22)31-20-7-5-6-19(28)16(20)2)18-8-9-29-11-21(18)34-12-17-13-36-27(3,4)14-35-17/h5-9,11,15,17,31-32H,10,12-14H2,1-4H3,(H,30,33). The van der Waals surface area contributed by atoms with E-state index in [1.807, 2.05) is 45.0 Å². The minimum absolute atomic E-state index is 0.120. The fourth-order valence-electron chi connectivity index (χ4n) is 4.47. The molecule has 1 aromatic carbocycles. The molecular weight excluding hydrogens is 480 g/mol. The van der Waals surface area contributed by atoms with E-state index in [2.05, 4.69) is 27.5 Å². The lowest BCUT2D eigenvalue weighted by molar-refractivity contribution is -0.181. The van der Waals surface area contributed by atoms with Gasteiger partial charge in [-0.15, -0.1) is 0 Å². The molecular formula is C27H31ClN4O4. The SMILES string of the molecule is Cc1c(Cl)cccc1Nc1c(-c2ccncc2OCC2COC(C)(C)CO2)[nH]c2c1C(=O)NCC2C. The summed E-state index contributed by atoms with van der Waals surface area (Å²) in [4.78, 5) is 20.8. The number of H-pyrrole nitrogens is 1. The average molecular weight is 511 g/mol. The highest BCUT2D eigenvalue weighted by molar-refractivity contribution is 6.31. The van der Waals surface area contributed by atoms with Gasteiger partial charge in [0.05, 0.1) is 42.0 Å². The Morgan fingerprint density at radius 1 is 1.31 bits per heavy atom. The third-order valence-electron chi connectivity index (χ3n) is 6.65. The van der Waals surface area contributed by atoms with E-state index in [4.69, 9.17) is 25.8 Å². The van der Waals surface area contributed by atoms with Crippen LogP contribution in [0, 0.1) is 6.92 Å². The Morgan fingerprint density at radius 3 is 2.92 bits per heavy atom. The minimum atomic E-state index is -0.296. The lowest BCUT2D eigenvalue weighted by Crippen LogP contribution is -2.44. The van der Waals surface area contributed by atoms with E-state index >= 15 is 0 Å². The fourth-order valence-corrected chi connectivity index (χ4v) is 4.65. The van der Waals surface area contributed by atoms with Crippen molar-refractivity contribution in [2.24, 2.45) is 0 Å². The number of hydrogen-bond donors (Lipinski definition) is 3. The number of carbonyl (C=O) groups is 1. The van der Waals surface area contributed by atoms with Crippen molar-refractivity contribution in [1.82, 2.24) is 15.3 Å². The molecule has 36 heavy (non-hydrogen) atoms. The number of carbonyl (C=O) groups excluding carboxylic acids is 1. The number of pyridine rings is 1. The van der Waals surface area contributed by atoms with Gasteiger partial charge < -0.3 is 29.8 Å². The van der Waals surface area contributed by atoms with Crippen LogP contribution in [0.3, 0.4) is 0 Å². The molecule has 0 saturated carbocycles. The predicted molar refractivity (Wildman–Crippen MR) is 140 cm³/mol. The van der Waals surface area contributed by atoms with Gasteiger partial charge in [-0.3, -0.25) is 9.78 Å². The number of halogens is 1. The number of hydrogen-bond acceptors (Lipinski definition) is 6. The number of anilines is 2. The summed E-state index contributed by atoms with van der Waals surface area (Å²) in [7, 11) is 0. The first-order valence-electron chi connectivity index (χ1n) is 12.1.